The van der Waals surface area contributed by atoms with E-state index in [1.165, 1.54) is 31.2 Å². The first-order chi connectivity index (χ1) is 9.13. The topological polar surface area (TPSA) is 0 Å². The summed E-state index contributed by atoms with van der Waals surface area (Å²) in [5, 5.41) is 0. The maximum atomic E-state index is 3.72. The summed E-state index contributed by atoms with van der Waals surface area (Å²) in [7, 11) is 0. The normalized spacial score (nSPS) is 18.2. The molecule has 0 aliphatic heterocycles. The first-order valence-corrected chi connectivity index (χ1v) is 8.27. The highest BCUT2D eigenvalue weighted by molar-refractivity contribution is 9.10. The van der Waals surface area contributed by atoms with Gasteiger partial charge in [0.25, 0.3) is 0 Å². The molecule has 0 heterocycles. The Morgan fingerprint density at radius 2 is 1.63 bits per heavy atom. The molecule has 19 heavy (non-hydrogen) atoms. The second-order valence-electron chi connectivity index (χ2n) is 5.38. The van der Waals surface area contributed by atoms with Crippen molar-refractivity contribution < 1.29 is 0 Å². The van der Waals surface area contributed by atoms with Crippen LogP contribution in [0.5, 0.6) is 0 Å². The van der Waals surface area contributed by atoms with Crippen LogP contribution in [0.15, 0.2) is 45.3 Å². The van der Waals surface area contributed by atoms with E-state index in [0.717, 1.165) is 19.3 Å². The molecular weight excluding hydrogens is 364 g/mol. The highest BCUT2D eigenvalue weighted by Crippen LogP contribution is 2.30. The summed E-state index contributed by atoms with van der Waals surface area (Å²) in [6.45, 7) is 2.30. The molecule has 0 saturated heterocycles. The van der Waals surface area contributed by atoms with Gasteiger partial charge in [-0.05, 0) is 59.6 Å². The zero-order valence-electron chi connectivity index (χ0n) is 10.9. The Labute approximate surface area is 131 Å². The lowest BCUT2D eigenvalue weighted by molar-refractivity contribution is 0.752. The van der Waals surface area contributed by atoms with Gasteiger partial charge in [0.15, 0.2) is 0 Å². The van der Waals surface area contributed by atoms with Crippen LogP contribution in [0.3, 0.4) is 0 Å². The van der Waals surface area contributed by atoms with Crippen molar-refractivity contribution in [3.8, 4) is 0 Å². The third kappa shape index (κ3) is 2.80. The maximum absolute atomic E-state index is 3.72. The Hall–Kier alpha value is -0.600. The lowest BCUT2D eigenvalue weighted by Gasteiger charge is -2.17. The summed E-state index contributed by atoms with van der Waals surface area (Å²) in [6.07, 6.45) is 3.25. The van der Waals surface area contributed by atoms with Crippen molar-refractivity contribution in [2.75, 3.05) is 0 Å². The Kier molecular flexibility index (Phi) is 3.81. The van der Waals surface area contributed by atoms with Gasteiger partial charge in [0.05, 0.1) is 0 Å². The predicted molar refractivity (Wildman–Crippen MR) is 87.8 cm³/mol. The minimum absolute atomic E-state index is 0.534. The van der Waals surface area contributed by atoms with Crippen molar-refractivity contribution in [1.29, 1.82) is 0 Å². The van der Waals surface area contributed by atoms with Gasteiger partial charge >= 0.3 is 0 Å². The molecule has 0 aromatic heterocycles. The van der Waals surface area contributed by atoms with Crippen molar-refractivity contribution in [2.45, 2.75) is 32.1 Å². The van der Waals surface area contributed by atoms with Gasteiger partial charge in [-0.15, -0.1) is 0 Å². The molecule has 4 aliphatic carbocycles. The molecule has 98 valence electrons. The zero-order valence-corrected chi connectivity index (χ0v) is 14.1. The Morgan fingerprint density at radius 3 is 2.37 bits per heavy atom. The standard InChI is InChI=1S/C17H16Br2/c1-11-8-15-5-3-12(9-16(15)18)2-4-13-6-7-14(11)10-17(13)19/h3,5-7,9-11H,2,4,8H2,1H3/t11-/m1/s1. The van der Waals surface area contributed by atoms with Gasteiger partial charge in [-0.1, -0.05) is 63.0 Å². The number of hydrogen-bond acceptors (Lipinski definition) is 0. The van der Waals surface area contributed by atoms with Gasteiger partial charge in [-0.2, -0.15) is 0 Å². The van der Waals surface area contributed by atoms with E-state index in [4.69, 9.17) is 0 Å². The van der Waals surface area contributed by atoms with Gasteiger partial charge in [0.1, 0.15) is 0 Å². The van der Waals surface area contributed by atoms with Gasteiger partial charge in [-0.25, -0.2) is 0 Å². The van der Waals surface area contributed by atoms with Gasteiger partial charge in [0.2, 0.25) is 0 Å². The third-order valence-corrected chi connectivity index (χ3v) is 5.45. The molecule has 0 amide bonds. The maximum Gasteiger partial charge on any atom is 0.0210 e. The Morgan fingerprint density at radius 1 is 0.895 bits per heavy atom. The number of benzene rings is 2. The molecule has 0 fully saturated rings. The molecule has 0 N–H and O–H groups in total. The molecule has 0 saturated carbocycles. The molecule has 2 heteroatoms. The van der Waals surface area contributed by atoms with Crippen LogP contribution in [0.1, 0.15) is 35.1 Å². The lowest BCUT2D eigenvalue weighted by Crippen LogP contribution is -2.03. The summed E-state index contributed by atoms with van der Waals surface area (Å²) < 4.78 is 2.51. The van der Waals surface area contributed by atoms with Crippen LogP contribution >= 0.6 is 31.9 Å². The second kappa shape index (κ2) is 5.41. The van der Waals surface area contributed by atoms with Crippen molar-refractivity contribution >= 4 is 31.9 Å². The summed E-state index contributed by atoms with van der Waals surface area (Å²) in [5.74, 6) is 0.534. The monoisotopic (exact) mass is 378 g/mol. The lowest BCUT2D eigenvalue weighted by atomic mass is 9.90. The summed E-state index contributed by atoms with van der Waals surface area (Å²) in [4.78, 5) is 0. The van der Waals surface area contributed by atoms with Crippen LogP contribution in [-0.2, 0) is 19.3 Å². The molecule has 0 unspecified atom stereocenters. The SMILES string of the molecule is C[C@@H]1Cc2ccc(cc2Br)CCc2ccc1cc2Br. The Balaban J connectivity index is 2.09. The molecule has 0 spiro atoms. The highest BCUT2D eigenvalue weighted by Gasteiger charge is 2.13. The van der Waals surface area contributed by atoms with E-state index < -0.39 is 0 Å². The van der Waals surface area contributed by atoms with Gasteiger partial charge < -0.3 is 0 Å². The predicted octanol–water partition coefficient (Wildman–Crippen LogP) is 5.66. The van der Waals surface area contributed by atoms with Crippen molar-refractivity contribution in [1.82, 2.24) is 0 Å². The minimum Gasteiger partial charge on any atom is -0.0587 e. The number of aryl methyl sites for hydroxylation is 2. The van der Waals surface area contributed by atoms with Crippen LogP contribution < -0.4 is 0 Å². The highest BCUT2D eigenvalue weighted by atomic mass is 79.9. The average Bonchev–Trinajstić information content (AvgIpc) is 2.38. The molecule has 0 nitrogen and oxygen atoms in total. The fraction of sp³-hybridized carbons (Fsp3) is 0.294. The van der Waals surface area contributed by atoms with E-state index in [1.807, 2.05) is 0 Å². The van der Waals surface area contributed by atoms with E-state index in [-0.39, 0.29) is 0 Å². The van der Waals surface area contributed by atoms with E-state index in [0.29, 0.717) is 5.92 Å². The molecule has 4 bridgehead atoms. The first kappa shape index (κ1) is 13.4. The van der Waals surface area contributed by atoms with Crippen LogP contribution in [0.4, 0.5) is 0 Å². The van der Waals surface area contributed by atoms with E-state index in [9.17, 15) is 0 Å². The van der Waals surface area contributed by atoms with Crippen LogP contribution in [-0.4, -0.2) is 0 Å². The van der Waals surface area contributed by atoms with Crippen LogP contribution in [0.2, 0.25) is 0 Å². The molecule has 6 rings (SSSR count). The zero-order chi connectivity index (χ0) is 13.4. The smallest absolute Gasteiger partial charge is 0.0210 e. The molecular formula is C17H16Br2. The van der Waals surface area contributed by atoms with E-state index in [2.05, 4.69) is 75.2 Å². The summed E-state index contributed by atoms with van der Waals surface area (Å²) in [5.41, 5.74) is 5.61. The van der Waals surface area contributed by atoms with Gasteiger partial charge in [-0.3, -0.25) is 0 Å². The number of rotatable bonds is 0. The molecule has 1 atom stereocenters. The molecule has 0 radical (unpaired) electrons. The Bertz CT molecular complexity index is 617. The van der Waals surface area contributed by atoms with Crippen LogP contribution in [0, 0.1) is 0 Å². The van der Waals surface area contributed by atoms with E-state index in [1.54, 1.807) is 0 Å². The van der Waals surface area contributed by atoms with Crippen molar-refractivity contribution in [2.24, 2.45) is 0 Å². The fourth-order valence-electron chi connectivity index (χ4n) is 2.71. The first-order valence-electron chi connectivity index (χ1n) is 6.69. The number of halogens is 2. The molecule has 4 aliphatic rings. The average molecular weight is 380 g/mol. The largest absolute Gasteiger partial charge is 0.0587 e. The molecule has 2 aromatic rings. The van der Waals surface area contributed by atoms with E-state index >= 15 is 0 Å². The molecule has 2 aromatic carbocycles. The van der Waals surface area contributed by atoms with Crippen molar-refractivity contribution in [3.63, 3.8) is 0 Å². The third-order valence-electron chi connectivity index (χ3n) is 3.97. The fourth-order valence-corrected chi connectivity index (χ4v) is 3.89. The van der Waals surface area contributed by atoms with Gasteiger partial charge in [0, 0.05) is 8.95 Å². The minimum atomic E-state index is 0.534. The second-order valence-corrected chi connectivity index (χ2v) is 7.09. The number of hydrogen-bond donors (Lipinski definition) is 0. The van der Waals surface area contributed by atoms with Crippen molar-refractivity contribution in [3.05, 3.63) is 67.6 Å². The summed E-state index contributed by atoms with van der Waals surface area (Å²) >= 11 is 7.44. The summed E-state index contributed by atoms with van der Waals surface area (Å²) in [6, 6.07) is 13.7. The quantitative estimate of drug-likeness (QED) is 0.554. The van der Waals surface area contributed by atoms with Crippen LogP contribution in [0.25, 0.3) is 0 Å².